The summed E-state index contributed by atoms with van der Waals surface area (Å²) in [6, 6.07) is 2.12. The minimum atomic E-state index is -0.136. The summed E-state index contributed by atoms with van der Waals surface area (Å²) in [6.07, 6.45) is 4.85. The maximum absolute atomic E-state index is 11.6. The minimum absolute atomic E-state index is 0.136. The Labute approximate surface area is 94.7 Å². The van der Waals surface area contributed by atoms with Gasteiger partial charge in [0.2, 0.25) is 5.95 Å². The molecule has 16 heavy (non-hydrogen) atoms. The Morgan fingerprint density at radius 3 is 3.06 bits per heavy atom. The molecule has 1 heterocycles. The van der Waals surface area contributed by atoms with Crippen LogP contribution in [0.5, 0.6) is 0 Å². The summed E-state index contributed by atoms with van der Waals surface area (Å²) < 4.78 is 0. The number of rotatable bonds is 5. The molecule has 1 aromatic rings. The molecule has 1 fully saturated rings. The molecule has 0 atom stereocenters. The second-order valence-corrected chi connectivity index (χ2v) is 3.94. The van der Waals surface area contributed by atoms with Gasteiger partial charge in [0.05, 0.1) is 0 Å². The van der Waals surface area contributed by atoms with Crippen LogP contribution < -0.4 is 10.6 Å². The van der Waals surface area contributed by atoms with Gasteiger partial charge in [-0.05, 0) is 25.3 Å². The van der Waals surface area contributed by atoms with E-state index in [0.717, 1.165) is 19.3 Å². The molecule has 1 aliphatic carbocycles. The number of carbonyl (C=O) groups excluding carboxylic acids is 1. The van der Waals surface area contributed by atoms with Crippen molar-refractivity contribution in [3.05, 3.63) is 18.0 Å². The normalized spacial score (nSPS) is 14.6. The Balaban J connectivity index is 1.99. The van der Waals surface area contributed by atoms with Gasteiger partial charge in [-0.2, -0.15) is 0 Å². The van der Waals surface area contributed by atoms with Crippen molar-refractivity contribution < 1.29 is 4.79 Å². The molecule has 0 unspecified atom stereocenters. The second-order valence-electron chi connectivity index (χ2n) is 3.94. The Hall–Kier alpha value is -1.65. The van der Waals surface area contributed by atoms with Gasteiger partial charge in [0, 0.05) is 18.8 Å². The van der Waals surface area contributed by atoms with Crippen molar-refractivity contribution in [2.75, 3.05) is 11.9 Å². The lowest BCUT2D eigenvalue weighted by Gasteiger charge is -2.05. The molecule has 2 N–H and O–H groups in total. The molecular weight excluding hydrogens is 204 g/mol. The molecule has 1 amide bonds. The predicted molar refractivity (Wildman–Crippen MR) is 61.3 cm³/mol. The third-order valence-corrected chi connectivity index (χ3v) is 2.33. The van der Waals surface area contributed by atoms with Gasteiger partial charge in [0.25, 0.3) is 5.91 Å². The zero-order valence-electron chi connectivity index (χ0n) is 9.36. The molecule has 1 aromatic heterocycles. The van der Waals surface area contributed by atoms with Gasteiger partial charge in [-0.1, -0.05) is 6.92 Å². The maximum Gasteiger partial charge on any atom is 0.270 e. The molecule has 1 aliphatic rings. The molecule has 2 rings (SSSR count). The molecule has 0 aromatic carbocycles. The first-order valence-electron chi connectivity index (χ1n) is 5.67. The number of carbonyl (C=O) groups is 1. The van der Waals surface area contributed by atoms with Crippen LogP contribution in [0.25, 0.3) is 0 Å². The number of anilines is 1. The van der Waals surface area contributed by atoms with Crippen molar-refractivity contribution >= 4 is 11.9 Å². The number of nitrogens with zero attached hydrogens (tertiary/aromatic N) is 2. The number of aromatic nitrogens is 2. The van der Waals surface area contributed by atoms with Crippen LogP contribution >= 0.6 is 0 Å². The van der Waals surface area contributed by atoms with Gasteiger partial charge >= 0.3 is 0 Å². The summed E-state index contributed by atoms with van der Waals surface area (Å²) in [5, 5.41) is 5.95. The molecule has 0 spiro atoms. The van der Waals surface area contributed by atoms with E-state index in [-0.39, 0.29) is 5.91 Å². The van der Waals surface area contributed by atoms with Crippen molar-refractivity contribution in [2.24, 2.45) is 0 Å². The lowest BCUT2D eigenvalue weighted by Crippen LogP contribution is -2.25. The Morgan fingerprint density at radius 2 is 2.38 bits per heavy atom. The fourth-order valence-electron chi connectivity index (χ4n) is 1.29. The summed E-state index contributed by atoms with van der Waals surface area (Å²) in [7, 11) is 0. The highest BCUT2D eigenvalue weighted by Crippen LogP contribution is 2.22. The SMILES string of the molecule is CCCNC(=O)c1ccnc(NC2CC2)n1. The van der Waals surface area contributed by atoms with E-state index in [0.29, 0.717) is 24.2 Å². The van der Waals surface area contributed by atoms with E-state index in [2.05, 4.69) is 20.6 Å². The number of nitrogens with one attached hydrogen (secondary N) is 2. The summed E-state index contributed by atoms with van der Waals surface area (Å²) in [4.78, 5) is 19.9. The van der Waals surface area contributed by atoms with Crippen molar-refractivity contribution in [3.63, 3.8) is 0 Å². The zero-order valence-corrected chi connectivity index (χ0v) is 9.36. The number of hydrogen-bond donors (Lipinski definition) is 2. The highest BCUT2D eigenvalue weighted by atomic mass is 16.1. The summed E-state index contributed by atoms with van der Waals surface area (Å²) in [6.45, 7) is 2.69. The van der Waals surface area contributed by atoms with Crippen molar-refractivity contribution in [1.29, 1.82) is 0 Å². The quantitative estimate of drug-likeness (QED) is 0.782. The minimum Gasteiger partial charge on any atom is -0.351 e. The first kappa shape index (κ1) is 10.9. The molecular formula is C11H16N4O. The third kappa shape index (κ3) is 2.92. The number of amides is 1. The van der Waals surface area contributed by atoms with Gasteiger partial charge in [-0.15, -0.1) is 0 Å². The van der Waals surface area contributed by atoms with Crippen molar-refractivity contribution in [1.82, 2.24) is 15.3 Å². The van der Waals surface area contributed by atoms with Crippen LogP contribution in [0.2, 0.25) is 0 Å². The van der Waals surface area contributed by atoms with Crippen LogP contribution in [0.1, 0.15) is 36.7 Å². The smallest absolute Gasteiger partial charge is 0.270 e. The lowest BCUT2D eigenvalue weighted by atomic mass is 10.3. The fraction of sp³-hybridized carbons (Fsp3) is 0.545. The summed E-state index contributed by atoms with van der Waals surface area (Å²) in [5.74, 6) is 0.412. The number of hydrogen-bond acceptors (Lipinski definition) is 4. The first-order valence-corrected chi connectivity index (χ1v) is 5.67. The average Bonchev–Trinajstić information content (AvgIpc) is 3.10. The summed E-state index contributed by atoms with van der Waals surface area (Å²) >= 11 is 0. The standard InChI is InChI=1S/C11H16N4O/c1-2-6-12-10(16)9-5-7-13-11(15-9)14-8-3-4-8/h5,7-8H,2-4,6H2,1H3,(H,12,16)(H,13,14,15). The van der Waals surface area contributed by atoms with Crippen LogP contribution in [0.3, 0.4) is 0 Å². The van der Waals surface area contributed by atoms with Gasteiger partial charge < -0.3 is 10.6 Å². The third-order valence-electron chi connectivity index (χ3n) is 2.33. The highest BCUT2D eigenvalue weighted by molar-refractivity contribution is 5.92. The Kier molecular flexibility index (Phi) is 3.34. The molecule has 0 aliphatic heterocycles. The molecule has 0 bridgehead atoms. The topological polar surface area (TPSA) is 66.9 Å². The average molecular weight is 220 g/mol. The van der Waals surface area contributed by atoms with Gasteiger partial charge in [-0.25, -0.2) is 9.97 Å². The lowest BCUT2D eigenvalue weighted by molar-refractivity contribution is 0.0948. The second kappa shape index (κ2) is 4.92. The van der Waals surface area contributed by atoms with Gasteiger partial charge in [0.15, 0.2) is 0 Å². The van der Waals surface area contributed by atoms with Crippen LogP contribution in [0.4, 0.5) is 5.95 Å². The summed E-state index contributed by atoms with van der Waals surface area (Å²) in [5.41, 5.74) is 0.423. The Bertz CT molecular complexity index is 376. The molecule has 0 saturated heterocycles. The van der Waals surface area contributed by atoms with E-state index in [4.69, 9.17) is 0 Å². The zero-order chi connectivity index (χ0) is 11.4. The fourth-order valence-corrected chi connectivity index (χ4v) is 1.29. The predicted octanol–water partition coefficient (Wildman–Crippen LogP) is 1.19. The maximum atomic E-state index is 11.6. The van der Waals surface area contributed by atoms with Crippen LogP contribution in [0, 0.1) is 0 Å². The van der Waals surface area contributed by atoms with E-state index in [1.54, 1.807) is 12.3 Å². The van der Waals surface area contributed by atoms with E-state index in [1.165, 1.54) is 0 Å². The van der Waals surface area contributed by atoms with E-state index >= 15 is 0 Å². The molecule has 0 radical (unpaired) electrons. The van der Waals surface area contributed by atoms with E-state index < -0.39 is 0 Å². The molecule has 1 saturated carbocycles. The highest BCUT2D eigenvalue weighted by Gasteiger charge is 2.22. The van der Waals surface area contributed by atoms with Gasteiger partial charge in [0.1, 0.15) is 5.69 Å². The van der Waals surface area contributed by atoms with Crippen LogP contribution in [-0.4, -0.2) is 28.5 Å². The van der Waals surface area contributed by atoms with Crippen molar-refractivity contribution in [3.8, 4) is 0 Å². The molecule has 5 heteroatoms. The first-order chi connectivity index (χ1) is 7.79. The van der Waals surface area contributed by atoms with Crippen LogP contribution in [-0.2, 0) is 0 Å². The van der Waals surface area contributed by atoms with Gasteiger partial charge in [-0.3, -0.25) is 4.79 Å². The monoisotopic (exact) mass is 220 g/mol. The molecule has 5 nitrogen and oxygen atoms in total. The van der Waals surface area contributed by atoms with Crippen molar-refractivity contribution in [2.45, 2.75) is 32.2 Å². The van der Waals surface area contributed by atoms with Crippen LogP contribution in [0.15, 0.2) is 12.3 Å². The van der Waals surface area contributed by atoms with E-state index in [9.17, 15) is 4.79 Å². The van der Waals surface area contributed by atoms with E-state index in [1.807, 2.05) is 6.92 Å². The largest absolute Gasteiger partial charge is 0.351 e. The Morgan fingerprint density at radius 1 is 1.56 bits per heavy atom. The molecule has 86 valence electrons.